The van der Waals surface area contributed by atoms with Crippen LogP contribution in [0.4, 0.5) is 5.69 Å². The molecule has 1 unspecified atom stereocenters. The number of rotatable bonds is 6. The Hall–Kier alpha value is -1.59. The lowest BCUT2D eigenvalue weighted by Crippen LogP contribution is -2.39. The van der Waals surface area contributed by atoms with Gasteiger partial charge in [0.25, 0.3) is 0 Å². The number of aliphatic imine (C=N–C) groups is 1. The van der Waals surface area contributed by atoms with Gasteiger partial charge in [0.2, 0.25) is 0 Å². The fourth-order valence-corrected chi connectivity index (χ4v) is 2.55. The second-order valence-electron chi connectivity index (χ2n) is 5.92. The molecule has 1 heterocycles. The van der Waals surface area contributed by atoms with Crippen molar-refractivity contribution in [3.8, 4) is 0 Å². The van der Waals surface area contributed by atoms with Gasteiger partial charge in [0.15, 0.2) is 5.96 Å². The van der Waals surface area contributed by atoms with Crippen molar-refractivity contribution < 1.29 is 4.74 Å². The minimum atomic E-state index is 0.484. The quantitative estimate of drug-likeness (QED) is 0.623. The summed E-state index contributed by atoms with van der Waals surface area (Å²) in [5, 5.41) is 3.15. The van der Waals surface area contributed by atoms with Crippen LogP contribution in [0, 0.1) is 5.92 Å². The Labute approximate surface area is 133 Å². The molecule has 1 atom stereocenters. The molecule has 22 heavy (non-hydrogen) atoms. The molecule has 0 amide bonds. The molecule has 1 saturated heterocycles. The number of nitrogens with one attached hydrogen (secondary N) is 1. The van der Waals surface area contributed by atoms with Gasteiger partial charge >= 0.3 is 0 Å². The van der Waals surface area contributed by atoms with Crippen molar-refractivity contribution in [2.45, 2.75) is 20.3 Å². The zero-order valence-corrected chi connectivity index (χ0v) is 13.7. The molecule has 0 spiro atoms. The Bertz CT molecular complexity index is 466. The average Bonchev–Trinajstić information content (AvgIpc) is 2.55. The first-order chi connectivity index (χ1) is 10.7. The van der Waals surface area contributed by atoms with Crippen molar-refractivity contribution in [1.82, 2.24) is 4.90 Å². The normalized spacial score (nSPS) is 18.2. The van der Waals surface area contributed by atoms with Crippen molar-refractivity contribution in [2.24, 2.45) is 16.6 Å². The molecule has 0 aliphatic carbocycles. The minimum Gasteiger partial charge on any atom is -0.379 e. The van der Waals surface area contributed by atoms with Crippen LogP contribution in [0.3, 0.4) is 0 Å². The van der Waals surface area contributed by atoms with E-state index in [1.54, 1.807) is 0 Å². The second kappa shape index (κ2) is 8.76. The summed E-state index contributed by atoms with van der Waals surface area (Å²) in [6, 6.07) is 8.30. The third-order valence-corrected chi connectivity index (χ3v) is 3.88. The smallest absolute Gasteiger partial charge is 0.193 e. The summed E-state index contributed by atoms with van der Waals surface area (Å²) in [5.74, 6) is 0.971. The topological polar surface area (TPSA) is 62.9 Å². The van der Waals surface area contributed by atoms with Crippen molar-refractivity contribution >= 4 is 11.6 Å². The van der Waals surface area contributed by atoms with E-state index in [0.717, 1.165) is 51.5 Å². The SMILES string of the molecule is CCc1ccc(NC(N)=NCC(C)CN2CCOCC2)cc1. The van der Waals surface area contributed by atoms with Crippen molar-refractivity contribution in [3.63, 3.8) is 0 Å². The maximum absolute atomic E-state index is 5.96. The zero-order chi connectivity index (χ0) is 15.8. The summed E-state index contributed by atoms with van der Waals surface area (Å²) >= 11 is 0. The van der Waals surface area contributed by atoms with Gasteiger partial charge in [-0.1, -0.05) is 26.0 Å². The van der Waals surface area contributed by atoms with Crippen LogP contribution in [0.15, 0.2) is 29.3 Å². The van der Waals surface area contributed by atoms with Crippen LogP contribution in [0.2, 0.25) is 0 Å². The second-order valence-corrected chi connectivity index (χ2v) is 5.92. The number of hydrogen-bond donors (Lipinski definition) is 2. The summed E-state index contributed by atoms with van der Waals surface area (Å²) in [5.41, 5.74) is 8.27. The van der Waals surface area contributed by atoms with Crippen LogP contribution in [0.1, 0.15) is 19.4 Å². The molecule has 1 aliphatic rings. The number of ether oxygens (including phenoxy) is 1. The maximum Gasteiger partial charge on any atom is 0.193 e. The largest absolute Gasteiger partial charge is 0.379 e. The highest BCUT2D eigenvalue weighted by molar-refractivity contribution is 5.92. The van der Waals surface area contributed by atoms with Gasteiger partial charge in [0.05, 0.1) is 13.2 Å². The van der Waals surface area contributed by atoms with E-state index in [-0.39, 0.29) is 0 Å². The van der Waals surface area contributed by atoms with E-state index in [9.17, 15) is 0 Å². The molecule has 1 aromatic carbocycles. The molecule has 1 aromatic rings. The summed E-state index contributed by atoms with van der Waals surface area (Å²) < 4.78 is 5.36. The lowest BCUT2D eigenvalue weighted by atomic mass is 10.1. The fourth-order valence-electron chi connectivity index (χ4n) is 2.55. The first-order valence-corrected chi connectivity index (χ1v) is 8.13. The number of anilines is 1. The number of nitrogens with two attached hydrogens (primary N) is 1. The summed E-state index contributed by atoms with van der Waals surface area (Å²) in [6.45, 7) is 9.86. The van der Waals surface area contributed by atoms with E-state index in [2.05, 4.69) is 41.2 Å². The number of benzene rings is 1. The highest BCUT2D eigenvalue weighted by Crippen LogP contribution is 2.10. The number of morpholine rings is 1. The van der Waals surface area contributed by atoms with Crippen molar-refractivity contribution in [1.29, 1.82) is 0 Å². The Morgan fingerprint density at radius 3 is 2.64 bits per heavy atom. The molecule has 3 N–H and O–H groups in total. The molecule has 0 bridgehead atoms. The highest BCUT2D eigenvalue weighted by Gasteiger charge is 2.13. The third kappa shape index (κ3) is 5.66. The van der Waals surface area contributed by atoms with Gasteiger partial charge < -0.3 is 15.8 Å². The molecule has 1 fully saturated rings. The monoisotopic (exact) mass is 304 g/mol. The number of aryl methyl sites for hydroxylation is 1. The maximum atomic E-state index is 5.96. The first-order valence-electron chi connectivity index (χ1n) is 8.13. The number of nitrogens with zero attached hydrogens (tertiary/aromatic N) is 2. The van der Waals surface area contributed by atoms with E-state index >= 15 is 0 Å². The van der Waals surface area contributed by atoms with Crippen LogP contribution in [-0.4, -0.2) is 50.3 Å². The minimum absolute atomic E-state index is 0.484. The predicted molar refractivity (Wildman–Crippen MR) is 92.4 cm³/mol. The molecule has 2 rings (SSSR count). The Morgan fingerprint density at radius 1 is 1.32 bits per heavy atom. The predicted octanol–water partition coefficient (Wildman–Crippen LogP) is 1.94. The van der Waals surface area contributed by atoms with E-state index < -0.39 is 0 Å². The Balaban J connectivity index is 1.75. The molecule has 0 saturated carbocycles. The van der Waals surface area contributed by atoms with Gasteiger partial charge in [-0.05, 0) is 30.0 Å². The molecule has 0 radical (unpaired) electrons. The molecule has 1 aliphatic heterocycles. The Morgan fingerprint density at radius 2 is 2.00 bits per heavy atom. The van der Waals surface area contributed by atoms with Crippen LogP contribution < -0.4 is 11.1 Å². The van der Waals surface area contributed by atoms with E-state index in [0.29, 0.717) is 11.9 Å². The van der Waals surface area contributed by atoms with Crippen LogP contribution in [0.5, 0.6) is 0 Å². The van der Waals surface area contributed by atoms with E-state index in [1.807, 2.05) is 12.1 Å². The van der Waals surface area contributed by atoms with Gasteiger partial charge in [-0.3, -0.25) is 9.89 Å². The molecule has 5 heteroatoms. The van der Waals surface area contributed by atoms with E-state index in [1.165, 1.54) is 5.56 Å². The lowest BCUT2D eigenvalue weighted by molar-refractivity contribution is 0.0323. The lowest BCUT2D eigenvalue weighted by Gasteiger charge is -2.28. The first kappa shape index (κ1) is 16.8. The third-order valence-electron chi connectivity index (χ3n) is 3.88. The van der Waals surface area contributed by atoms with Crippen LogP contribution >= 0.6 is 0 Å². The fraction of sp³-hybridized carbons (Fsp3) is 0.588. The molecule has 5 nitrogen and oxygen atoms in total. The van der Waals surface area contributed by atoms with Crippen molar-refractivity contribution in [2.75, 3.05) is 44.7 Å². The van der Waals surface area contributed by atoms with E-state index in [4.69, 9.17) is 10.5 Å². The summed E-state index contributed by atoms with van der Waals surface area (Å²) in [4.78, 5) is 6.88. The van der Waals surface area contributed by atoms with Gasteiger partial charge in [0, 0.05) is 31.9 Å². The highest BCUT2D eigenvalue weighted by atomic mass is 16.5. The zero-order valence-electron chi connectivity index (χ0n) is 13.7. The summed E-state index contributed by atoms with van der Waals surface area (Å²) in [6.07, 6.45) is 1.04. The summed E-state index contributed by atoms with van der Waals surface area (Å²) in [7, 11) is 0. The molecule has 0 aromatic heterocycles. The van der Waals surface area contributed by atoms with Gasteiger partial charge in [-0.15, -0.1) is 0 Å². The van der Waals surface area contributed by atoms with Gasteiger partial charge in [-0.25, -0.2) is 0 Å². The molecular weight excluding hydrogens is 276 g/mol. The molecule has 122 valence electrons. The standard InChI is InChI=1S/C17H28N4O/c1-3-15-4-6-16(7-5-15)20-17(18)19-12-14(2)13-21-8-10-22-11-9-21/h4-7,14H,3,8-13H2,1-2H3,(H3,18,19,20). The van der Waals surface area contributed by atoms with Gasteiger partial charge in [0.1, 0.15) is 0 Å². The van der Waals surface area contributed by atoms with Gasteiger partial charge in [-0.2, -0.15) is 0 Å². The van der Waals surface area contributed by atoms with Crippen LogP contribution in [-0.2, 0) is 11.2 Å². The Kier molecular flexibility index (Phi) is 6.68. The number of guanidine groups is 1. The van der Waals surface area contributed by atoms with Crippen molar-refractivity contribution in [3.05, 3.63) is 29.8 Å². The average molecular weight is 304 g/mol. The number of hydrogen-bond acceptors (Lipinski definition) is 3. The molecular formula is C17H28N4O. The van der Waals surface area contributed by atoms with Crippen LogP contribution in [0.25, 0.3) is 0 Å².